The molecule has 1 fully saturated rings. The Morgan fingerprint density at radius 2 is 1.91 bits per heavy atom. The van der Waals surface area contributed by atoms with E-state index in [0.717, 1.165) is 16.8 Å². The van der Waals surface area contributed by atoms with E-state index in [-0.39, 0.29) is 11.5 Å². The Labute approximate surface area is 202 Å². The lowest BCUT2D eigenvalue weighted by atomic mass is 10.0. The third-order valence-electron chi connectivity index (χ3n) is 5.62. The highest BCUT2D eigenvalue weighted by Gasteiger charge is 2.20. The first-order valence-electron chi connectivity index (χ1n) is 11.1. The number of hydrogen-bond acceptors (Lipinski definition) is 10. The van der Waals surface area contributed by atoms with Gasteiger partial charge in [0.25, 0.3) is 5.91 Å². The predicted molar refractivity (Wildman–Crippen MR) is 131 cm³/mol. The summed E-state index contributed by atoms with van der Waals surface area (Å²) in [4.78, 5) is 39.5. The van der Waals surface area contributed by atoms with E-state index in [4.69, 9.17) is 16.2 Å². The molecule has 0 aliphatic carbocycles. The van der Waals surface area contributed by atoms with Crippen molar-refractivity contribution in [2.75, 3.05) is 49.4 Å². The Bertz CT molecular complexity index is 1200. The van der Waals surface area contributed by atoms with Gasteiger partial charge >= 0.3 is 5.97 Å². The predicted octanol–water partition coefficient (Wildman–Crippen LogP) is 1.25. The summed E-state index contributed by atoms with van der Waals surface area (Å²) in [6.45, 7) is 2.66. The summed E-state index contributed by atoms with van der Waals surface area (Å²) in [5, 5.41) is 2.87. The molecule has 1 aromatic carbocycles. The van der Waals surface area contributed by atoms with E-state index >= 15 is 0 Å². The van der Waals surface area contributed by atoms with Gasteiger partial charge in [-0.2, -0.15) is 0 Å². The molecular formula is C24H27N7O4. The van der Waals surface area contributed by atoms with Gasteiger partial charge < -0.3 is 31.2 Å². The number of benzene rings is 1. The third kappa shape index (κ3) is 5.70. The largest absolute Gasteiger partial charge is 0.468 e. The van der Waals surface area contributed by atoms with Gasteiger partial charge in [0.15, 0.2) is 11.5 Å². The smallest absolute Gasteiger partial charge is 0.322 e. The molecule has 0 saturated carbocycles. The first-order valence-corrected chi connectivity index (χ1v) is 11.1. The number of carbonyl (C=O) groups excluding carboxylic acids is 2. The van der Waals surface area contributed by atoms with Crippen molar-refractivity contribution >= 4 is 29.1 Å². The number of ether oxygens (including phenoxy) is 2. The number of anilines is 3. The van der Waals surface area contributed by atoms with Crippen molar-refractivity contribution < 1.29 is 19.1 Å². The van der Waals surface area contributed by atoms with Gasteiger partial charge in [-0.05, 0) is 18.1 Å². The molecule has 0 unspecified atom stereocenters. The zero-order valence-electron chi connectivity index (χ0n) is 19.3. The topological polar surface area (TPSA) is 159 Å². The molecule has 1 atom stereocenters. The third-order valence-corrected chi connectivity index (χ3v) is 5.62. The Hall–Kier alpha value is -4.09. The maximum Gasteiger partial charge on any atom is 0.322 e. The number of esters is 1. The number of amides is 1. The van der Waals surface area contributed by atoms with Crippen molar-refractivity contribution in [3.63, 3.8) is 0 Å². The van der Waals surface area contributed by atoms with Crippen LogP contribution in [0, 0.1) is 0 Å². The number of methoxy groups -OCH3 is 1. The number of aromatic nitrogens is 3. The van der Waals surface area contributed by atoms with Gasteiger partial charge in [0.05, 0.1) is 49.8 Å². The van der Waals surface area contributed by atoms with E-state index in [1.54, 1.807) is 12.4 Å². The van der Waals surface area contributed by atoms with E-state index in [2.05, 4.69) is 29.9 Å². The van der Waals surface area contributed by atoms with Crippen LogP contribution in [0.4, 0.5) is 17.2 Å². The molecule has 0 bridgehead atoms. The van der Waals surface area contributed by atoms with Crippen LogP contribution < -0.4 is 21.7 Å². The number of rotatable bonds is 7. The maximum absolute atomic E-state index is 13.1. The number of nitrogens with two attached hydrogens (primary N) is 2. The van der Waals surface area contributed by atoms with Crippen LogP contribution in [0.15, 0.2) is 48.9 Å². The van der Waals surface area contributed by atoms with Crippen LogP contribution in [0.25, 0.3) is 11.3 Å². The normalized spacial score (nSPS) is 14.3. The molecular weight excluding hydrogens is 450 g/mol. The standard InChI is InChI=1S/C24H27N7O4/c1-34-24(33)17(25)12-15-2-4-16(5-3-15)18-14-28-22(26)21(29-18)23(32)30-19-13-27-7-6-20(19)31-8-10-35-11-9-31/h2-7,13-14,17H,8-12,25H2,1H3,(H2,26,28)(H,30,32)/t17-/m1/s1. The van der Waals surface area contributed by atoms with Crippen LogP contribution in [0.1, 0.15) is 16.1 Å². The lowest BCUT2D eigenvalue weighted by Gasteiger charge is -2.30. The second-order valence-electron chi connectivity index (χ2n) is 7.97. The van der Waals surface area contributed by atoms with Crippen molar-refractivity contribution in [2.24, 2.45) is 5.73 Å². The molecule has 35 heavy (non-hydrogen) atoms. The van der Waals surface area contributed by atoms with Crippen molar-refractivity contribution in [2.45, 2.75) is 12.5 Å². The number of pyridine rings is 1. The summed E-state index contributed by atoms with van der Waals surface area (Å²) >= 11 is 0. The molecule has 5 N–H and O–H groups in total. The van der Waals surface area contributed by atoms with Gasteiger partial charge in [0.1, 0.15) is 6.04 Å². The van der Waals surface area contributed by atoms with E-state index < -0.39 is 17.9 Å². The fourth-order valence-corrected chi connectivity index (χ4v) is 3.75. The second kappa shape index (κ2) is 10.9. The minimum Gasteiger partial charge on any atom is -0.468 e. The van der Waals surface area contributed by atoms with Crippen molar-refractivity contribution in [1.29, 1.82) is 0 Å². The van der Waals surface area contributed by atoms with Gasteiger partial charge in [0.2, 0.25) is 0 Å². The first kappa shape index (κ1) is 24.0. The zero-order valence-corrected chi connectivity index (χ0v) is 19.3. The van der Waals surface area contributed by atoms with Crippen LogP contribution in [0.2, 0.25) is 0 Å². The van der Waals surface area contributed by atoms with E-state index in [9.17, 15) is 9.59 Å². The first-order chi connectivity index (χ1) is 17.0. The lowest BCUT2D eigenvalue weighted by molar-refractivity contribution is -0.142. The Morgan fingerprint density at radius 3 is 2.63 bits per heavy atom. The van der Waals surface area contributed by atoms with Gasteiger partial charge in [-0.15, -0.1) is 0 Å². The highest BCUT2D eigenvalue weighted by atomic mass is 16.5. The summed E-state index contributed by atoms with van der Waals surface area (Å²) in [7, 11) is 1.30. The molecule has 3 aromatic rings. The molecule has 1 aliphatic heterocycles. The molecule has 1 amide bonds. The summed E-state index contributed by atoms with van der Waals surface area (Å²) < 4.78 is 10.1. The fraction of sp³-hybridized carbons (Fsp3) is 0.292. The van der Waals surface area contributed by atoms with Crippen molar-refractivity contribution in [3.05, 3.63) is 60.2 Å². The fourth-order valence-electron chi connectivity index (χ4n) is 3.75. The highest BCUT2D eigenvalue weighted by molar-refractivity contribution is 6.07. The second-order valence-corrected chi connectivity index (χ2v) is 7.97. The van der Waals surface area contributed by atoms with Crippen LogP contribution in [-0.4, -0.2) is 66.3 Å². The Kier molecular flexibility index (Phi) is 7.48. The summed E-state index contributed by atoms with van der Waals surface area (Å²) in [5.74, 6) is -0.941. The number of carbonyl (C=O) groups is 2. The number of nitrogens with zero attached hydrogens (tertiary/aromatic N) is 4. The molecule has 11 nitrogen and oxygen atoms in total. The van der Waals surface area contributed by atoms with Crippen LogP contribution in [0.3, 0.4) is 0 Å². The van der Waals surface area contributed by atoms with E-state index in [1.165, 1.54) is 13.3 Å². The Balaban J connectivity index is 1.52. The molecule has 0 spiro atoms. The van der Waals surface area contributed by atoms with Crippen LogP contribution in [0.5, 0.6) is 0 Å². The number of nitrogen functional groups attached to an aromatic ring is 1. The Morgan fingerprint density at radius 1 is 1.17 bits per heavy atom. The minimum atomic E-state index is -0.743. The van der Waals surface area contributed by atoms with Gasteiger partial charge in [-0.3, -0.25) is 14.6 Å². The SMILES string of the molecule is COC(=O)[C@H](N)Cc1ccc(-c2cnc(N)c(C(=O)Nc3cnccc3N3CCOCC3)n2)cc1. The number of hydrogen-bond donors (Lipinski definition) is 3. The molecule has 1 aliphatic rings. The lowest BCUT2D eigenvalue weighted by Crippen LogP contribution is -2.36. The van der Waals surface area contributed by atoms with Gasteiger partial charge in [-0.25, -0.2) is 9.97 Å². The molecule has 182 valence electrons. The van der Waals surface area contributed by atoms with E-state index in [1.807, 2.05) is 30.3 Å². The molecule has 1 saturated heterocycles. The average molecular weight is 478 g/mol. The monoisotopic (exact) mass is 477 g/mol. The maximum atomic E-state index is 13.1. The number of morpholine rings is 1. The summed E-state index contributed by atoms with van der Waals surface area (Å²) in [6, 6.07) is 8.41. The molecule has 0 radical (unpaired) electrons. The van der Waals surface area contributed by atoms with Crippen molar-refractivity contribution in [1.82, 2.24) is 15.0 Å². The van der Waals surface area contributed by atoms with Crippen molar-refractivity contribution in [3.8, 4) is 11.3 Å². The van der Waals surface area contributed by atoms with Gasteiger partial charge in [0, 0.05) is 24.8 Å². The van der Waals surface area contributed by atoms with E-state index in [0.29, 0.717) is 44.1 Å². The zero-order chi connectivity index (χ0) is 24.8. The number of nitrogens with one attached hydrogen (secondary N) is 1. The van der Waals surface area contributed by atoms with Crippen LogP contribution >= 0.6 is 0 Å². The summed E-state index contributed by atoms with van der Waals surface area (Å²) in [6.07, 6.45) is 5.11. The quantitative estimate of drug-likeness (QED) is 0.423. The van der Waals surface area contributed by atoms with Gasteiger partial charge in [-0.1, -0.05) is 24.3 Å². The molecule has 11 heteroatoms. The highest BCUT2D eigenvalue weighted by Crippen LogP contribution is 2.27. The summed E-state index contributed by atoms with van der Waals surface area (Å²) in [5.41, 5.74) is 15.3. The molecule has 4 rings (SSSR count). The molecule has 2 aromatic heterocycles. The van der Waals surface area contributed by atoms with Crippen LogP contribution in [-0.2, 0) is 20.7 Å². The average Bonchev–Trinajstić information content (AvgIpc) is 2.89. The molecule has 3 heterocycles. The minimum absolute atomic E-state index is 0.0103.